The molecule has 0 aliphatic rings. The molecule has 0 amide bonds. The topological polar surface area (TPSA) is 17.8 Å². The first-order chi connectivity index (χ1) is 7.93. The predicted molar refractivity (Wildman–Crippen MR) is 75.3 cm³/mol. The van der Waals surface area contributed by atoms with E-state index in [0.717, 1.165) is 5.69 Å². The van der Waals surface area contributed by atoms with Gasteiger partial charge >= 0.3 is 0 Å². The van der Waals surface area contributed by atoms with Crippen LogP contribution in [0.15, 0.2) is 30.5 Å². The highest BCUT2D eigenvalue weighted by atomic mass is 79.9. The Morgan fingerprint density at radius 1 is 1.29 bits per heavy atom. The van der Waals surface area contributed by atoms with Gasteiger partial charge in [0.1, 0.15) is 0 Å². The van der Waals surface area contributed by atoms with E-state index in [2.05, 4.69) is 21.0 Å². The van der Waals surface area contributed by atoms with E-state index < -0.39 is 3.91 Å². The first-order valence-electron chi connectivity index (χ1n) is 4.77. The molecule has 2 aromatic rings. The van der Waals surface area contributed by atoms with E-state index >= 15 is 0 Å². The Kier molecular flexibility index (Phi) is 3.74. The Morgan fingerprint density at radius 3 is 2.53 bits per heavy atom. The van der Waals surface area contributed by atoms with Crippen LogP contribution in [0.2, 0.25) is 10.0 Å². The Bertz CT molecular complexity index is 551. The van der Waals surface area contributed by atoms with Crippen molar-refractivity contribution in [1.82, 2.24) is 9.78 Å². The SMILES string of the molecule is Cc1ccnn1C(Cl)(Br)c1ccc(Cl)cc1Cl. The van der Waals surface area contributed by atoms with Crippen LogP contribution in [0.4, 0.5) is 0 Å². The van der Waals surface area contributed by atoms with Gasteiger partial charge in [-0.1, -0.05) is 40.9 Å². The lowest BCUT2D eigenvalue weighted by molar-refractivity contribution is 0.609. The predicted octanol–water partition coefficient (Wildman–Crippen LogP) is 4.79. The van der Waals surface area contributed by atoms with Crippen molar-refractivity contribution in [2.24, 2.45) is 0 Å². The minimum Gasteiger partial charge on any atom is -0.234 e. The van der Waals surface area contributed by atoms with Gasteiger partial charge in [0, 0.05) is 27.5 Å². The Morgan fingerprint density at radius 2 is 2.00 bits per heavy atom. The van der Waals surface area contributed by atoms with E-state index in [-0.39, 0.29) is 0 Å². The molecule has 1 aromatic heterocycles. The van der Waals surface area contributed by atoms with E-state index in [1.54, 1.807) is 29.1 Å². The maximum atomic E-state index is 6.48. The van der Waals surface area contributed by atoms with Gasteiger partial charge in [-0.15, -0.1) is 0 Å². The number of halogens is 4. The first kappa shape index (κ1) is 13.2. The summed E-state index contributed by atoms with van der Waals surface area (Å²) < 4.78 is 0.631. The van der Waals surface area contributed by atoms with Crippen molar-refractivity contribution >= 4 is 50.7 Å². The molecule has 0 saturated heterocycles. The summed E-state index contributed by atoms with van der Waals surface area (Å²) in [6.07, 6.45) is 1.68. The number of hydrogen-bond acceptors (Lipinski definition) is 1. The van der Waals surface area contributed by atoms with Gasteiger partial charge in [-0.25, -0.2) is 4.68 Å². The zero-order chi connectivity index (χ0) is 12.6. The van der Waals surface area contributed by atoms with Crippen molar-refractivity contribution in [3.05, 3.63) is 51.8 Å². The van der Waals surface area contributed by atoms with Crippen LogP contribution < -0.4 is 0 Å². The Balaban J connectivity index is 2.55. The van der Waals surface area contributed by atoms with Gasteiger partial charge in [0.2, 0.25) is 3.91 Å². The summed E-state index contributed by atoms with van der Waals surface area (Å²) in [6, 6.07) is 7.02. The van der Waals surface area contributed by atoms with Gasteiger partial charge in [0.05, 0.1) is 0 Å². The molecule has 1 atom stereocenters. The summed E-state index contributed by atoms with van der Waals surface area (Å²) in [6.45, 7) is 1.91. The van der Waals surface area contributed by atoms with E-state index in [9.17, 15) is 0 Å². The molecule has 17 heavy (non-hydrogen) atoms. The number of aryl methyl sites for hydroxylation is 1. The molecule has 1 aromatic carbocycles. The van der Waals surface area contributed by atoms with Crippen molar-refractivity contribution in [1.29, 1.82) is 0 Å². The summed E-state index contributed by atoms with van der Waals surface area (Å²) >= 11 is 21.9. The minimum atomic E-state index is -1.01. The number of rotatable bonds is 2. The molecule has 0 spiro atoms. The van der Waals surface area contributed by atoms with E-state index in [0.29, 0.717) is 15.6 Å². The maximum absolute atomic E-state index is 6.48. The molecule has 0 bridgehead atoms. The average Bonchev–Trinajstić information content (AvgIpc) is 2.64. The summed E-state index contributed by atoms with van der Waals surface area (Å²) in [5, 5.41) is 5.22. The van der Waals surface area contributed by atoms with Crippen LogP contribution in [0, 0.1) is 6.92 Å². The fraction of sp³-hybridized carbons (Fsp3) is 0.182. The summed E-state index contributed by atoms with van der Waals surface area (Å²) in [4.78, 5) is 0. The Hall–Kier alpha value is -0.220. The van der Waals surface area contributed by atoms with Crippen LogP contribution in [0.1, 0.15) is 11.3 Å². The normalized spacial score (nSPS) is 14.6. The monoisotopic (exact) mass is 352 g/mol. The van der Waals surface area contributed by atoms with E-state index in [1.165, 1.54) is 0 Å². The molecule has 2 nitrogen and oxygen atoms in total. The molecule has 2 rings (SSSR count). The fourth-order valence-electron chi connectivity index (χ4n) is 1.51. The number of hydrogen-bond donors (Lipinski definition) is 0. The second-order valence-corrected chi connectivity index (χ2v) is 6.54. The quantitative estimate of drug-likeness (QED) is 0.709. The van der Waals surface area contributed by atoms with Crippen LogP contribution in [0.5, 0.6) is 0 Å². The largest absolute Gasteiger partial charge is 0.234 e. The van der Waals surface area contributed by atoms with Crippen molar-refractivity contribution in [3.63, 3.8) is 0 Å². The molecule has 0 aliphatic heterocycles. The van der Waals surface area contributed by atoms with Gasteiger partial charge in [-0.05, 0) is 41.1 Å². The van der Waals surface area contributed by atoms with Crippen molar-refractivity contribution in [2.45, 2.75) is 10.8 Å². The molecule has 0 radical (unpaired) electrons. The fourth-order valence-corrected chi connectivity index (χ4v) is 3.28. The third-order valence-corrected chi connectivity index (χ3v) is 4.03. The molecular formula is C11H8BrCl3N2. The lowest BCUT2D eigenvalue weighted by atomic mass is 10.2. The molecule has 0 aliphatic carbocycles. The van der Waals surface area contributed by atoms with Gasteiger partial charge in [0.15, 0.2) is 0 Å². The first-order valence-corrected chi connectivity index (χ1v) is 6.70. The average molecular weight is 354 g/mol. The summed E-state index contributed by atoms with van der Waals surface area (Å²) in [5.74, 6) is 0. The van der Waals surface area contributed by atoms with Gasteiger partial charge in [-0.2, -0.15) is 5.10 Å². The highest BCUT2D eigenvalue weighted by Gasteiger charge is 2.32. The molecular weight excluding hydrogens is 346 g/mol. The summed E-state index contributed by atoms with van der Waals surface area (Å²) in [5.41, 5.74) is 1.61. The van der Waals surface area contributed by atoms with E-state index in [4.69, 9.17) is 34.8 Å². The minimum absolute atomic E-state index is 0.485. The number of nitrogens with zero attached hydrogens (tertiary/aromatic N) is 2. The molecule has 6 heteroatoms. The smallest absolute Gasteiger partial charge is 0.217 e. The molecule has 1 unspecified atom stereocenters. The molecule has 90 valence electrons. The number of aromatic nitrogens is 2. The molecule has 1 heterocycles. The lowest BCUT2D eigenvalue weighted by Gasteiger charge is -2.23. The van der Waals surface area contributed by atoms with Crippen molar-refractivity contribution in [2.75, 3.05) is 0 Å². The second kappa shape index (κ2) is 4.81. The number of benzene rings is 1. The molecule has 0 saturated carbocycles. The third kappa shape index (κ3) is 2.48. The van der Waals surface area contributed by atoms with Crippen LogP contribution in [0.3, 0.4) is 0 Å². The molecule has 0 N–H and O–H groups in total. The van der Waals surface area contributed by atoms with Crippen molar-refractivity contribution in [3.8, 4) is 0 Å². The van der Waals surface area contributed by atoms with Gasteiger partial charge in [0.25, 0.3) is 0 Å². The van der Waals surface area contributed by atoms with E-state index in [1.807, 2.05) is 13.0 Å². The molecule has 0 fully saturated rings. The third-order valence-electron chi connectivity index (χ3n) is 2.35. The zero-order valence-electron chi connectivity index (χ0n) is 8.79. The van der Waals surface area contributed by atoms with Gasteiger partial charge < -0.3 is 0 Å². The standard InChI is InChI=1S/C11H8BrCl3N2/c1-7-4-5-16-17(7)11(12,15)9-3-2-8(13)6-10(9)14/h2-6H,1H3. The van der Waals surface area contributed by atoms with Crippen LogP contribution in [-0.4, -0.2) is 9.78 Å². The van der Waals surface area contributed by atoms with Crippen molar-refractivity contribution < 1.29 is 0 Å². The van der Waals surface area contributed by atoms with Gasteiger partial charge in [-0.3, -0.25) is 0 Å². The summed E-state index contributed by atoms with van der Waals surface area (Å²) in [7, 11) is 0. The maximum Gasteiger partial charge on any atom is 0.217 e. The lowest BCUT2D eigenvalue weighted by Crippen LogP contribution is -2.24. The van der Waals surface area contributed by atoms with Crippen LogP contribution in [-0.2, 0) is 3.91 Å². The second-order valence-electron chi connectivity index (χ2n) is 3.55. The highest BCUT2D eigenvalue weighted by Crippen LogP contribution is 2.42. The highest BCUT2D eigenvalue weighted by molar-refractivity contribution is 9.10. The zero-order valence-corrected chi connectivity index (χ0v) is 12.6. The number of alkyl halides is 2. The van der Waals surface area contributed by atoms with Crippen LogP contribution >= 0.6 is 50.7 Å². The van der Waals surface area contributed by atoms with Crippen LogP contribution in [0.25, 0.3) is 0 Å². The Labute approximate surface area is 123 Å².